The maximum absolute atomic E-state index is 5.98. The van der Waals surface area contributed by atoms with E-state index in [0.717, 1.165) is 61.8 Å². The van der Waals surface area contributed by atoms with Crippen LogP contribution in [0.5, 0.6) is 17.2 Å². The summed E-state index contributed by atoms with van der Waals surface area (Å²) in [7, 11) is 0. The van der Waals surface area contributed by atoms with Gasteiger partial charge in [0.05, 0.1) is 6.10 Å². The van der Waals surface area contributed by atoms with Crippen molar-refractivity contribution < 1.29 is 18.9 Å². The molecule has 0 saturated carbocycles. The Labute approximate surface area is 125 Å². The van der Waals surface area contributed by atoms with Gasteiger partial charge >= 0.3 is 0 Å². The fourth-order valence-corrected chi connectivity index (χ4v) is 2.60. The van der Waals surface area contributed by atoms with Gasteiger partial charge in [-0.2, -0.15) is 0 Å². The third-order valence-electron chi connectivity index (χ3n) is 3.75. The van der Waals surface area contributed by atoms with Crippen LogP contribution in [0.15, 0.2) is 12.1 Å². The van der Waals surface area contributed by atoms with Gasteiger partial charge in [0.15, 0.2) is 11.5 Å². The van der Waals surface area contributed by atoms with Crippen LogP contribution >= 0.6 is 0 Å². The highest BCUT2D eigenvalue weighted by Crippen LogP contribution is 2.38. The summed E-state index contributed by atoms with van der Waals surface area (Å²) in [5.41, 5.74) is 1.10. The first-order valence-electron chi connectivity index (χ1n) is 7.74. The van der Waals surface area contributed by atoms with Crippen molar-refractivity contribution in [3.63, 3.8) is 0 Å². The molecule has 1 aromatic rings. The molecule has 5 nitrogen and oxygen atoms in total. The van der Waals surface area contributed by atoms with E-state index < -0.39 is 0 Å². The van der Waals surface area contributed by atoms with E-state index in [1.165, 1.54) is 0 Å². The lowest BCUT2D eigenvalue weighted by Crippen LogP contribution is -2.18. The molecule has 1 saturated heterocycles. The van der Waals surface area contributed by atoms with Crippen LogP contribution in [0.3, 0.4) is 0 Å². The molecular weight excluding hydrogens is 270 g/mol. The van der Waals surface area contributed by atoms with E-state index in [4.69, 9.17) is 18.9 Å². The predicted octanol–water partition coefficient (Wildman–Crippen LogP) is 2.47. The van der Waals surface area contributed by atoms with Crippen molar-refractivity contribution in [2.75, 3.05) is 26.6 Å². The number of ether oxygens (including phenoxy) is 4. The zero-order valence-electron chi connectivity index (χ0n) is 12.5. The Morgan fingerprint density at radius 3 is 2.90 bits per heavy atom. The third-order valence-corrected chi connectivity index (χ3v) is 3.75. The van der Waals surface area contributed by atoms with Crippen LogP contribution in [0, 0.1) is 0 Å². The van der Waals surface area contributed by atoms with E-state index in [1.807, 2.05) is 12.1 Å². The van der Waals surface area contributed by atoms with Crippen molar-refractivity contribution in [1.29, 1.82) is 0 Å². The minimum absolute atomic E-state index is 0.215. The Morgan fingerprint density at radius 2 is 2.14 bits per heavy atom. The Bertz CT molecular complexity index is 472. The molecule has 2 aliphatic heterocycles. The topological polar surface area (TPSA) is 49.0 Å². The first-order valence-corrected chi connectivity index (χ1v) is 7.74. The lowest BCUT2D eigenvalue weighted by atomic mass is 10.1. The summed E-state index contributed by atoms with van der Waals surface area (Å²) in [5, 5.41) is 3.40. The third kappa shape index (κ3) is 3.60. The van der Waals surface area contributed by atoms with Crippen molar-refractivity contribution in [3.8, 4) is 17.2 Å². The lowest BCUT2D eigenvalue weighted by Gasteiger charge is -2.16. The Balaban J connectivity index is 1.69. The van der Waals surface area contributed by atoms with E-state index >= 15 is 0 Å². The second kappa shape index (κ2) is 7.00. The molecule has 1 N–H and O–H groups in total. The van der Waals surface area contributed by atoms with Gasteiger partial charge in [0.2, 0.25) is 6.79 Å². The second-order valence-corrected chi connectivity index (χ2v) is 5.44. The number of nitrogens with one attached hydrogen (secondary N) is 1. The lowest BCUT2D eigenvalue weighted by molar-refractivity contribution is 0.0675. The molecule has 21 heavy (non-hydrogen) atoms. The fraction of sp³-hybridized carbons (Fsp3) is 0.625. The molecule has 1 aromatic carbocycles. The normalized spacial score (nSPS) is 20.0. The summed E-state index contributed by atoms with van der Waals surface area (Å²) in [6.07, 6.45) is 3.52. The number of fused-ring (bicyclic) bond motifs is 1. The monoisotopic (exact) mass is 293 g/mol. The van der Waals surface area contributed by atoms with Crippen molar-refractivity contribution in [3.05, 3.63) is 17.7 Å². The zero-order chi connectivity index (χ0) is 14.5. The van der Waals surface area contributed by atoms with Gasteiger partial charge in [0.25, 0.3) is 0 Å². The highest BCUT2D eigenvalue weighted by Gasteiger charge is 2.20. The van der Waals surface area contributed by atoms with E-state index in [0.29, 0.717) is 6.61 Å². The molecule has 3 rings (SSSR count). The minimum Gasteiger partial charge on any atom is -0.490 e. The van der Waals surface area contributed by atoms with Gasteiger partial charge in [-0.15, -0.1) is 0 Å². The molecule has 1 unspecified atom stereocenters. The molecule has 0 amide bonds. The maximum Gasteiger partial charge on any atom is 0.231 e. The van der Waals surface area contributed by atoms with Crippen molar-refractivity contribution in [1.82, 2.24) is 5.32 Å². The molecule has 0 aliphatic carbocycles. The summed E-state index contributed by atoms with van der Waals surface area (Å²) in [5.74, 6) is 2.42. The van der Waals surface area contributed by atoms with Gasteiger partial charge in [0, 0.05) is 24.8 Å². The Morgan fingerprint density at radius 1 is 1.29 bits per heavy atom. The highest BCUT2D eigenvalue weighted by atomic mass is 16.7. The van der Waals surface area contributed by atoms with E-state index in [1.54, 1.807) is 0 Å². The summed E-state index contributed by atoms with van der Waals surface area (Å²) in [6.45, 7) is 5.64. The van der Waals surface area contributed by atoms with Crippen LogP contribution < -0.4 is 19.5 Å². The zero-order valence-corrected chi connectivity index (χ0v) is 12.5. The standard InChI is InChI=1S/C16H23NO4/c1-2-5-17-9-12-7-15-16(21-11-20-15)8-14(12)19-10-13-4-3-6-18-13/h7-8,13,17H,2-6,9-11H2,1H3. The van der Waals surface area contributed by atoms with E-state index in [-0.39, 0.29) is 12.9 Å². The molecule has 0 bridgehead atoms. The highest BCUT2D eigenvalue weighted by molar-refractivity contribution is 5.51. The summed E-state index contributed by atoms with van der Waals surface area (Å²) < 4.78 is 22.5. The van der Waals surface area contributed by atoms with Crippen LogP contribution in [-0.4, -0.2) is 32.7 Å². The van der Waals surface area contributed by atoms with Crippen LogP contribution in [0.2, 0.25) is 0 Å². The van der Waals surface area contributed by atoms with Gasteiger partial charge < -0.3 is 24.3 Å². The van der Waals surface area contributed by atoms with Gasteiger partial charge in [-0.3, -0.25) is 0 Å². The van der Waals surface area contributed by atoms with Crippen molar-refractivity contribution in [2.45, 2.75) is 38.8 Å². The van der Waals surface area contributed by atoms with Crippen LogP contribution in [0.1, 0.15) is 31.7 Å². The van der Waals surface area contributed by atoms with E-state index in [9.17, 15) is 0 Å². The molecular formula is C16H23NO4. The Hall–Kier alpha value is -1.46. The minimum atomic E-state index is 0.215. The number of hydrogen-bond acceptors (Lipinski definition) is 5. The number of hydrogen-bond donors (Lipinski definition) is 1. The molecule has 1 fully saturated rings. The SMILES string of the molecule is CCCNCc1cc2c(cc1OCC1CCCO1)OCO2. The number of benzene rings is 1. The molecule has 5 heteroatoms. The van der Waals surface area contributed by atoms with Crippen LogP contribution in [-0.2, 0) is 11.3 Å². The summed E-state index contributed by atoms with van der Waals surface area (Å²) in [6, 6.07) is 3.94. The quantitative estimate of drug-likeness (QED) is 0.783. The molecule has 2 heterocycles. The van der Waals surface area contributed by atoms with Gasteiger partial charge in [-0.25, -0.2) is 0 Å². The molecule has 2 aliphatic rings. The predicted molar refractivity (Wildman–Crippen MR) is 79.0 cm³/mol. The summed E-state index contributed by atoms with van der Waals surface area (Å²) in [4.78, 5) is 0. The van der Waals surface area contributed by atoms with Gasteiger partial charge in [0.1, 0.15) is 12.4 Å². The second-order valence-electron chi connectivity index (χ2n) is 5.44. The van der Waals surface area contributed by atoms with Crippen molar-refractivity contribution >= 4 is 0 Å². The van der Waals surface area contributed by atoms with Crippen molar-refractivity contribution in [2.24, 2.45) is 0 Å². The average molecular weight is 293 g/mol. The number of rotatable bonds is 7. The molecule has 0 radical (unpaired) electrons. The first-order chi connectivity index (χ1) is 10.4. The van der Waals surface area contributed by atoms with Gasteiger partial charge in [-0.1, -0.05) is 6.92 Å². The smallest absolute Gasteiger partial charge is 0.231 e. The van der Waals surface area contributed by atoms with E-state index in [2.05, 4.69) is 12.2 Å². The fourth-order valence-electron chi connectivity index (χ4n) is 2.60. The average Bonchev–Trinajstić information content (AvgIpc) is 3.16. The first kappa shape index (κ1) is 14.5. The summed E-state index contributed by atoms with van der Waals surface area (Å²) >= 11 is 0. The Kier molecular flexibility index (Phi) is 4.83. The molecule has 116 valence electrons. The van der Waals surface area contributed by atoms with Gasteiger partial charge in [-0.05, 0) is 31.9 Å². The molecule has 0 spiro atoms. The largest absolute Gasteiger partial charge is 0.490 e. The maximum atomic E-state index is 5.98. The van der Waals surface area contributed by atoms with Crippen LogP contribution in [0.4, 0.5) is 0 Å². The molecule has 0 aromatic heterocycles. The van der Waals surface area contributed by atoms with Crippen LogP contribution in [0.25, 0.3) is 0 Å². The molecule has 1 atom stereocenters.